The van der Waals surface area contributed by atoms with Crippen molar-refractivity contribution >= 4 is 12.0 Å². The molecule has 8 nitrogen and oxygen atoms in total. The number of nitrogens with zero attached hydrogens (tertiary/aromatic N) is 1. The van der Waals surface area contributed by atoms with E-state index in [1.54, 1.807) is 30.9 Å². The van der Waals surface area contributed by atoms with Gasteiger partial charge in [-0.2, -0.15) is 0 Å². The van der Waals surface area contributed by atoms with Gasteiger partial charge in [0.2, 0.25) is 6.29 Å². The maximum atomic E-state index is 12.4. The second kappa shape index (κ2) is 10.7. The number of ether oxygens (including phenoxy) is 3. The highest BCUT2D eigenvalue weighted by atomic mass is 16.7. The fourth-order valence-corrected chi connectivity index (χ4v) is 4.46. The van der Waals surface area contributed by atoms with Crippen LogP contribution in [0.5, 0.6) is 5.75 Å². The minimum Gasteiger partial charge on any atom is -0.464 e. The zero-order chi connectivity index (χ0) is 26.8. The van der Waals surface area contributed by atoms with Crippen LogP contribution in [-0.4, -0.2) is 59.1 Å². The highest BCUT2D eigenvalue weighted by molar-refractivity contribution is 5.95. The van der Waals surface area contributed by atoms with Gasteiger partial charge in [0.1, 0.15) is 11.4 Å². The summed E-state index contributed by atoms with van der Waals surface area (Å²) in [5, 5.41) is 12.2. The minimum atomic E-state index is -0.679. The van der Waals surface area contributed by atoms with E-state index in [1.807, 2.05) is 45.0 Å². The number of likely N-dealkylation sites (tertiary alicyclic amines) is 1. The largest absolute Gasteiger partial charge is 0.464 e. The quantitative estimate of drug-likeness (QED) is 0.603. The van der Waals surface area contributed by atoms with Crippen LogP contribution in [-0.2, 0) is 16.1 Å². The van der Waals surface area contributed by atoms with Gasteiger partial charge in [0, 0.05) is 30.1 Å². The van der Waals surface area contributed by atoms with Gasteiger partial charge in [0.25, 0.3) is 5.91 Å². The summed E-state index contributed by atoms with van der Waals surface area (Å²) in [5.74, 6) is 0.804. The van der Waals surface area contributed by atoms with Crippen molar-refractivity contribution in [2.45, 2.75) is 71.5 Å². The van der Waals surface area contributed by atoms with Crippen molar-refractivity contribution < 1.29 is 28.9 Å². The summed E-state index contributed by atoms with van der Waals surface area (Å²) in [6.07, 6.45) is 0.997. The average Bonchev–Trinajstić information content (AvgIpc) is 2.87. The molecular formula is C29H38N2O6. The van der Waals surface area contributed by atoms with Gasteiger partial charge in [0.15, 0.2) is 0 Å². The summed E-state index contributed by atoms with van der Waals surface area (Å²) < 4.78 is 17.8. The molecule has 1 unspecified atom stereocenters. The Balaban J connectivity index is 1.35. The van der Waals surface area contributed by atoms with Crippen molar-refractivity contribution in [1.82, 2.24) is 10.2 Å². The molecule has 0 radical (unpaired) electrons. The predicted molar refractivity (Wildman–Crippen MR) is 140 cm³/mol. The van der Waals surface area contributed by atoms with Crippen LogP contribution in [0.4, 0.5) is 4.79 Å². The first kappa shape index (κ1) is 26.9. The van der Waals surface area contributed by atoms with Crippen LogP contribution in [0, 0.1) is 5.92 Å². The van der Waals surface area contributed by atoms with E-state index in [-0.39, 0.29) is 30.8 Å². The van der Waals surface area contributed by atoms with Crippen LogP contribution in [0.3, 0.4) is 0 Å². The molecule has 2 aliphatic heterocycles. The van der Waals surface area contributed by atoms with E-state index in [0.717, 1.165) is 35.3 Å². The van der Waals surface area contributed by atoms with Crippen LogP contribution in [0.15, 0.2) is 42.5 Å². The topological polar surface area (TPSA) is 97.3 Å². The number of fused-ring (bicyclic) bond motifs is 1. The van der Waals surface area contributed by atoms with Gasteiger partial charge >= 0.3 is 6.09 Å². The van der Waals surface area contributed by atoms with Gasteiger partial charge in [-0.15, -0.1) is 0 Å². The predicted octanol–water partition coefficient (Wildman–Crippen LogP) is 4.74. The summed E-state index contributed by atoms with van der Waals surface area (Å²) >= 11 is 0. The number of aliphatic hydroxyl groups is 1. The number of benzene rings is 2. The molecule has 0 aromatic heterocycles. The Morgan fingerprint density at radius 2 is 1.68 bits per heavy atom. The lowest BCUT2D eigenvalue weighted by atomic mass is 9.95. The first-order chi connectivity index (χ1) is 17.4. The number of aliphatic hydroxyl groups excluding tert-OH is 1. The smallest absolute Gasteiger partial charge is 0.410 e. The van der Waals surface area contributed by atoms with Gasteiger partial charge in [-0.05, 0) is 82.9 Å². The van der Waals surface area contributed by atoms with E-state index in [9.17, 15) is 14.7 Å². The minimum absolute atomic E-state index is 0.137. The Hall–Kier alpha value is -3.10. The van der Waals surface area contributed by atoms with E-state index < -0.39 is 11.1 Å². The number of hydrogen-bond donors (Lipinski definition) is 2. The van der Waals surface area contributed by atoms with Gasteiger partial charge in [0.05, 0.1) is 18.8 Å². The SMILES string of the molecule is CC(C)(CO)NC(=O)c1ccc(-c2ccc3c(c2)COC(C2CCN(C(=O)OC(C)(C)C)CC2)O3)cc1. The fourth-order valence-electron chi connectivity index (χ4n) is 4.46. The van der Waals surface area contributed by atoms with Crippen molar-refractivity contribution in [3.63, 3.8) is 0 Å². The molecule has 8 heteroatoms. The maximum absolute atomic E-state index is 12.4. The van der Waals surface area contributed by atoms with Crippen LogP contribution >= 0.6 is 0 Å². The monoisotopic (exact) mass is 510 g/mol. The zero-order valence-corrected chi connectivity index (χ0v) is 22.4. The summed E-state index contributed by atoms with van der Waals surface area (Å²) in [7, 11) is 0. The van der Waals surface area contributed by atoms with Gasteiger partial charge in [-0.1, -0.05) is 18.2 Å². The molecule has 2 aromatic rings. The zero-order valence-electron chi connectivity index (χ0n) is 22.4. The molecule has 4 rings (SSSR count). The number of piperidine rings is 1. The van der Waals surface area contributed by atoms with Crippen molar-refractivity contribution in [2.24, 2.45) is 5.92 Å². The number of carbonyl (C=O) groups is 2. The summed E-state index contributed by atoms with van der Waals surface area (Å²) in [4.78, 5) is 26.5. The molecule has 0 aliphatic carbocycles. The highest BCUT2D eigenvalue weighted by Gasteiger charge is 2.34. The fraction of sp³-hybridized carbons (Fsp3) is 0.517. The summed E-state index contributed by atoms with van der Waals surface area (Å²) in [6, 6.07) is 13.4. The molecule has 2 amide bonds. The molecule has 2 aromatic carbocycles. The molecule has 0 bridgehead atoms. The van der Waals surface area contributed by atoms with Crippen LogP contribution in [0.1, 0.15) is 63.4 Å². The van der Waals surface area contributed by atoms with E-state index in [1.165, 1.54) is 0 Å². The van der Waals surface area contributed by atoms with Crippen molar-refractivity contribution in [3.8, 4) is 16.9 Å². The van der Waals surface area contributed by atoms with E-state index in [4.69, 9.17) is 14.2 Å². The van der Waals surface area contributed by atoms with Gasteiger partial charge < -0.3 is 29.5 Å². The van der Waals surface area contributed by atoms with Crippen molar-refractivity contribution in [1.29, 1.82) is 0 Å². The molecular weight excluding hydrogens is 472 g/mol. The average molecular weight is 511 g/mol. The van der Waals surface area contributed by atoms with Crippen LogP contribution in [0.25, 0.3) is 11.1 Å². The third kappa shape index (κ3) is 6.81. The van der Waals surface area contributed by atoms with Crippen molar-refractivity contribution in [2.75, 3.05) is 19.7 Å². The van der Waals surface area contributed by atoms with Gasteiger partial charge in [-0.25, -0.2) is 4.79 Å². The Morgan fingerprint density at radius 3 is 2.30 bits per heavy atom. The normalized spacial score (nSPS) is 18.5. The molecule has 2 N–H and O–H groups in total. The lowest BCUT2D eigenvalue weighted by Gasteiger charge is -2.38. The Bertz CT molecular complexity index is 1110. The second-order valence-corrected chi connectivity index (χ2v) is 11.5. The highest BCUT2D eigenvalue weighted by Crippen LogP contribution is 2.35. The van der Waals surface area contributed by atoms with Gasteiger partial charge in [-0.3, -0.25) is 4.79 Å². The van der Waals surface area contributed by atoms with E-state index in [0.29, 0.717) is 25.3 Å². The molecule has 200 valence electrons. The molecule has 0 saturated carbocycles. The maximum Gasteiger partial charge on any atom is 0.410 e. The molecule has 1 saturated heterocycles. The number of amides is 2. The Morgan fingerprint density at radius 1 is 1.03 bits per heavy atom. The number of nitrogens with one attached hydrogen (secondary N) is 1. The molecule has 2 heterocycles. The summed E-state index contributed by atoms with van der Waals surface area (Å²) in [5.41, 5.74) is 2.33. The van der Waals surface area contributed by atoms with Crippen LogP contribution < -0.4 is 10.1 Å². The second-order valence-electron chi connectivity index (χ2n) is 11.5. The lowest BCUT2D eigenvalue weighted by molar-refractivity contribution is -0.149. The van der Waals surface area contributed by atoms with Crippen LogP contribution in [0.2, 0.25) is 0 Å². The third-order valence-corrected chi connectivity index (χ3v) is 6.61. The molecule has 37 heavy (non-hydrogen) atoms. The standard InChI is InChI=1S/C29H38N2O6/c1-28(2,3)37-27(34)31-14-12-21(13-15-31)26-35-17-23-16-22(10-11-24(23)36-26)19-6-8-20(9-7-19)25(33)30-29(4,5)18-32/h6-11,16,21,26,32H,12-15,17-18H2,1-5H3,(H,30,33). The van der Waals surface area contributed by atoms with E-state index >= 15 is 0 Å². The molecule has 1 atom stereocenters. The van der Waals surface area contributed by atoms with Crippen molar-refractivity contribution in [3.05, 3.63) is 53.6 Å². The number of hydrogen-bond acceptors (Lipinski definition) is 6. The molecule has 1 fully saturated rings. The third-order valence-electron chi connectivity index (χ3n) is 6.61. The Kier molecular flexibility index (Phi) is 7.80. The first-order valence-corrected chi connectivity index (χ1v) is 12.9. The van der Waals surface area contributed by atoms with E-state index in [2.05, 4.69) is 11.4 Å². The molecule has 2 aliphatic rings. The first-order valence-electron chi connectivity index (χ1n) is 12.9. The number of carbonyl (C=O) groups excluding carboxylic acids is 2. The Labute approximate surface area is 218 Å². The summed E-state index contributed by atoms with van der Waals surface area (Å²) in [6.45, 7) is 10.7. The lowest BCUT2D eigenvalue weighted by Crippen LogP contribution is -2.46. The molecule has 0 spiro atoms. The number of rotatable bonds is 5.